The van der Waals surface area contributed by atoms with Gasteiger partial charge in [0.25, 0.3) is 0 Å². The number of nitrogens with one attached hydrogen (secondary N) is 1. The number of para-hydroxylation sites is 3. The van der Waals surface area contributed by atoms with Crippen molar-refractivity contribution in [2.75, 3.05) is 38.5 Å². The van der Waals surface area contributed by atoms with Crippen LogP contribution in [0.2, 0.25) is 0 Å². The lowest BCUT2D eigenvalue weighted by molar-refractivity contribution is -0.0963. The second kappa shape index (κ2) is 14.9. The highest BCUT2D eigenvalue weighted by atomic mass is 32.2. The van der Waals surface area contributed by atoms with E-state index in [-0.39, 0.29) is 0 Å². The van der Waals surface area contributed by atoms with Crippen LogP contribution in [-0.2, 0) is 25.6 Å². The predicted octanol–water partition coefficient (Wildman–Crippen LogP) is 6.59. The van der Waals surface area contributed by atoms with E-state index >= 15 is 0 Å². The molecule has 1 saturated heterocycles. The molecule has 1 N–H and O–H groups in total. The lowest BCUT2D eigenvalue weighted by atomic mass is 10.2. The number of nitrogens with zero attached hydrogens (tertiary/aromatic N) is 2. The second-order valence-electron chi connectivity index (χ2n) is 7.92. The van der Waals surface area contributed by atoms with E-state index in [9.17, 15) is 0 Å². The number of ether oxygens (including phenoxy) is 4. The van der Waals surface area contributed by atoms with Crippen molar-refractivity contribution in [1.82, 2.24) is 0 Å². The van der Waals surface area contributed by atoms with Gasteiger partial charge in [-0.25, -0.2) is 4.99 Å². The van der Waals surface area contributed by atoms with Gasteiger partial charge in [0.2, 0.25) is 0 Å². The molecule has 0 unspecified atom stereocenters. The molecule has 0 bridgehead atoms. The van der Waals surface area contributed by atoms with E-state index in [1.807, 2.05) is 36.0 Å². The first-order valence-electron chi connectivity index (χ1n) is 12.0. The minimum Gasteiger partial charge on any atom is -0.483 e. The summed E-state index contributed by atoms with van der Waals surface area (Å²) in [5, 5.41) is 3.42. The van der Waals surface area contributed by atoms with Crippen molar-refractivity contribution in [2.24, 2.45) is 9.98 Å². The number of rotatable bonds is 0. The molecule has 7 nitrogen and oxygen atoms in total. The summed E-state index contributed by atoms with van der Waals surface area (Å²) in [6.45, 7) is 4.70. The molecule has 3 aromatic rings. The molecule has 188 valence electrons. The molecule has 0 atom stereocenters. The van der Waals surface area contributed by atoms with Crippen LogP contribution in [-0.4, -0.2) is 46.0 Å². The van der Waals surface area contributed by atoms with Gasteiger partial charge in [0.1, 0.15) is 13.4 Å². The molecule has 0 amide bonds. The minimum absolute atomic E-state index is 0.500. The monoisotopic (exact) mass is 505 g/mol. The molecule has 7 rings (SSSR count). The molecule has 0 spiro atoms. The molecule has 0 aromatic heterocycles. The summed E-state index contributed by atoms with van der Waals surface area (Å²) in [6, 6.07) is 24.7. The Kier molecular flexibility index (Phi) is 10.7. The number of hydrogen-bond donors (Lipinski definition) is 1. The molecule has 1 fully saturated rings. The van der Waals surface area contributed by atoms with Crippen molar-refractivity contribution < 1.29 is 18.9 Å². The van der Waals surface area contributed by atoms with E-state index in [0.29, 0.717) is 13.4 Å². The first-order chi connectivity index (χ1) is 17.9. The van der Waals surface area contributed by atoms with E-state index in [1.54, 1.807) is 0 Å². The van der Waals surface area contributed by atoms with Crippen LogP contribution in [0.4, 0.5) is 17.1 Å². The fraction of sp³-hybridized carbons (Fsp3) is 0.286. The van der Waals surface area contributed by atoms with Gasteiger partial charge >= 0.3 is 0 Å². The second-order valence-corrected chi connectivity index (χ2v) is 9.00. The summed E-state index contributed by atoms with van der Waals surface area (Å²) in [5.41, 5.74) is 4.59. The van der Waals surface area contributed by atoms with E-state index in [0.717, 1.165) is 50.5 Å². The van der Waals surface area contributed by atoms with Gasteiger partial charge in [-0.3, -0.25) is 4.99 Å². The van der Waals surface area contributed by atoms with Gasteiger partial charge in [0, 0.05) is 28.3 Å². The Hall–Kier alpha value is -3.33. The van der Waals surface area contributed by atoms with Crippen LogP contribution < -0.4 is 5.32 Å². The van der Waals surface area contributed by atoms with Crippen LogP contribution >= 0.6 is 11.8 Å². The highest BCUT2D eigenvalue weighted by Crippen LogP contribution is 2.43. The fourth-order valence-electron chi connectivity index (χ4n) is 3.40. The zero-order valence-electron chi connectivity index (χ0n) is 20.2. The summed E-state index contributed by atoms with van der Waals surface area (Å²) in [4.78, 5) is 10.5. The first-order valence-corrected chi connectivity index (χ1v) is 12.8. The maximum atomic E-state index is 5.00. The smallest absolute Gasteiger partial charge is 0.175 e. The third kappa shape index (κ3) is 8.41. The van der Waals surface area contributed by atoms with Crippen LogP contribution in [0.15, 0.2) is 92.6 Å². The molecular formula is C28H31N3O4S. The SMILES string of the molecule is C1=NCCCO1.C1=Nc2ccccc2CO1.C1COCOC1.c1ccc2c(c1)Nc1ccccc1S2. The summed E-state index contributed by atoms with van der Waals surface area (Å²) in [6.07, 6.45) is 5.14. The maximum absolute atomic E-state index is 5.00. The minimum atomic E-state index is 0.500. The third-order valence-corrected chi connectivity index (χ3v) is 6.35. The highest BCUT2D eigenvalue weighted by Gasteiger charge is 2.13. The quantitative estimate of drug-likeness (QED) is 0.291. The number of aliphatic imine (C=N–C) groups is 2. The van der Waals surface area contributed by atoms with Crippen LogP contribution in [0, 0.1) is 0 Å². The predicted molar refractivity (Wildman–Crippen MR) is 145 cm³/mol. The van der Waals surface area contributed by atoms with E-state index in [1.165, 1.54) is 34.0 Å². The summed E-state index contributed by atoms with van der Waals surface area (Å²) in [5.74, 6) is 0. The molecular weight excluding hydrogens is 474 g/mol. The van der Waals surface area contributed by atoms with Crippen molar-refractivity contribution in [1.29, 1.82) is 0 Å². The maximum Gasteiger partial charge on any atom is 0.175 e. The number of anilines is 2. The Bertz CT molecular complexity index is 1030. The summed E-state index contributed by atoms with van der Waals surface area (Å²) >= 11 is 1.82. The van der Waals surface area contributed by atoms with Gasteiger partial charge in [-0.05, 0) is 36.8 Å². The van der Waals surface area contributed by atoms with Gasteiger partial charge < -0.3 is 24.3 Å². The van der Waals surface area contributed by atoms with Gasteiger partial charge in [0.15, 0.2) is 12.8 Å². The first kappa shape index (κ1) is 25.8. The van der Waals surface area contributed by atoms with E-state index < -0.39 is 0 Å². The molecule has 0 saturated carbocycles. The van der Waals surface area contributed by atoms with Gasteiger partial charge in [-0.15, -0.1) is 0 Å². The Morgan fingerprint density at radius 3 is 1.92 bits per heavy atom. The van der Waals surface area contributed by atoms with Crippen molar-refractivity contribution in [3.63, 3.8) is 0 Å². The number of benzene rings is 3. The molecule has 4 heterocycles. The number of hydrogen-bond acceptors (Lipinski definition) is 8. The Morgan fingerprint density at radius 2 is 1.39 bits per heavy atom. The normalized spacial score (nSPS) is 16.1. The van der Waals surface area contributed by atoms with E-state index in [4.69, 9.17) is 18.9 Å². The molecule has 8 heteroatoms. The molecule has 4 aliphatic heterocycles. The lowest BCUT2D eigenvalue weighted by Gasteiger charge is -2.19. The highest BCUT2D eigenvalue weighted by molar-refractivity contribution is 7.99. The van der Waals surface area contributed by atoms with E-state index in [2.05, 4.69) is 63.8 Å². The molecule has 0 aliphatic carbocycles. The Balaban J connectivity index is 0.000000121. The molecule has 36 heavy (non-hydrogen) atoms. The Labute approximate surface area is 216 Å². The zero-order valence-corrected chi connectivity index (χ0v) is 21.0. The van der Waals surface area contributed by atoms with Crippen molar-refractivity contribution in [3.8, 4) is 0 Å². The van der Waals surface area contributed by atoms with Crippen molar-refractivity contribution >= 4 is 41.6 Å². The van der Waals surface area contributed by atoms with Crippen LogP contribution in [0.1, 0.15) is 18.4 Å². The van der Waals surface area contributed by atoms with Crippen molar-refractivity contribution in [2.45, 2.75) is 29.2 Å². The zero-order chi connectivity index (χ0) is 24.7. The summed E-state index contributed by atoms with van der Waals surface area (Å²) in [7, 11) is 0. The topological polar surface area (TPSA) is 73.7 Å². The fourth-order valence-corrected chi connectivity index (χ4v) is 4.39. The molecule has 3 aromatic carbocycles. The lowest BCUT2D eigenvalue weighted by Crippen LogP contribution is -2.11. The standard InChI is InChI=1S/C12H9NS.C8H7NO.C4H7NO.C4H8O2/c1-3-7-11-9(5-1)13-10-6-2-4-8-12(10)14-11;1-2-4-8-7(3-1)5-10-6-9-8;2*1-2-5-4-6-3-1/h1-8,13H;1-4,6H,5H2;4H,1-3H2;1-4H2. The van der Waals surface area contributed by atoms with Gasteiger partial charge in [0.05, 0.1) is 36.9 Å². The molecule has 0 radical (unpaired) electrons. The number of fused-ring (bicyclic) bond motifs is 3. The van der Waals surface area contributed by atoms with Crippen molar-refractivity contribution in [3.05, 3.63) is 78.4 Å². The van der Waals surface area contributed by atoms with Gasteiger partial charge in [-0.2, -0.15) is 0 Å². The summed E-state index contributed by atoms with van der Waals surface area (Å²) < 4.78 is 19.5. The van der Waals surface area contributed by atoms with Gasteiger partial charge in [-0.1, -0.05) is 54.2 Å². The Morgan fingerprint density at radius 1 is 0.694 bits per heavy atom. The average molecular weight is 506 g/mol. The van der Waals surface area contributed by atoms with Crippen LogP contribution in [0.25, 0.3) is 0 Å². The average Bonchev–Trinajstić information content (AvgIpc) is 2.99. The van der Waals surface area contributed by atoms with Crippen LogP contribution in [0.5, 0.6) is 0 Å². The van der Waals surface area contributed by atoms with Crippen LogP contribution in [0.3, 0.4) is 0 Å². The molecule has 4 aliphatic rings. The third-order valence-electron chi connectivity index (χ3n) is 5.20. The largest absolute Gasteiger partial charge is 0.483 e.